The molecular formula is C32H39F4N3O3S. The molecule has 1 atom stereocenters. The van der Waals surface area contributed by atoms with E-state index in [1.54, 1.807) is 13.3 Å². The molecular weight excluding hydrogens is 582 g/mol. The molecule has 2 aromatic carbocycles. The summed E-state index contributed by atoms with van der Waals surface area (Å²) in [4.78, 5) is 8.90. The summed E-state index contributed by atoms with van der Waals surface area (Å²) in [6.45, 7) is 5.42. The van der Waals surface area contributed by atoms with E-state index < -0.39 is 29.0 Å². The van der Waals surface area contributed by atoms with Crippen LogP contribution in [-0.2, 0) is 11.3 Å². The van der Waals surface area contributed by atoms with Crippen LogP contribution in [0.5, 0.6) is 5.75 Å². The molecule has 2 aliphatic rings. The Kier molecular flexibility index (Phi) is 10.8. The van der Waals surface area contributed by atoms with Gasteiger partial charge in [0.25, 0.3) is 0 Å². The topological polar surface area (TPSA) is 58.1 Å². The number of pyridine rings is 1. The molecule has 6 nitrogen and oxygen atoms in total. The van der Waals surface area contributed by atoms with E-state index >= 15 is 4.39 Å². The molecule has 11 heteroatoms. The van der Waals surface area contributed by atoms with Gasteiger partial charge in [0.2, 0.25) is 0 Å². The molecule has 2 fully saturated rings. The molecule has 0 bridgehead atoms. The van der Waals surface area contributed by atoms with Gasteiger partial charge in [0.15, 0.2) is 0 Å². The third-order valence-corrected chi connectivity index (χ3v) is 9.87. The number of hydrogen-bond acceptors (Lipinski definition) is 7. The zero-order valence-electron chi connectivity index (χ0n) is 24.5. The van der Waals surface area contributed by atoms with Gasteiger partial charge in [0, 0.05) is 67.8 Å². The number of aromatic nitrogens is 1. The summed E-state index contributed by atoms with van der Waals surface area (Å²) in [6, 6.07) is 6.92. The van der Waals surface area contributed by atoms with Crippen molar-refractivity contribution >= 4 is 22.7 Å². The van der Waals surface area contributed by atoms with Crippen molar-refractivity contribution in [3.05, 3.63) is 65.1 Å². The lowest BCUT2D eigenvalue weighted by atomic mass is 9.74. The molecule has 0 saturated carbocycles. The average Bonchev–Trinajstić information content (AvgIpc) is 3.02. The highest BCUT2D eigenvalue weighted by Gasteiger charge is 2.35. The van der Waals surface area contributed by atoms with E-state index in [1.807, 2.05) is 18.2 Å². The lowest BCUT2D eigenvalue weighted by Gasteiger charge is -2.41. The molecule has 2 saturated heterocycles. The normalized spacial score (nSPS) is 18.7. The van der Waals surface area contributed by atoms with Crippen molar-refractivity contribution in [2.45, 2.75) is 43.3 Å². The van der Waals surface area contributed by atoms with Crippen molar-refractivity contribution in [1.29, 1.82) is 0 Å². The standard InChI is InChI=1S/C32H39F4N3O3S/c1-41-24-2-3-29-25(18-24)30(22(19-37-29)20-39-10-13-42-14-11-39)26(34)4-5-32(21-40)6-8-38(9-7-32)12-15-43-31-27(35)16-23(33)17-28(31)36/h2-3,16-19,26,40H,4-15,20-21H2,1H3/t26-/m1/s1. The third-order valence-electron chi connectivity index (χ3n) is 8.81. The summed E-state index contributed by atoms with van der Waals surface area (Å²) in [5.74, 6) is -1.63. The summed E-state index contributed by atoms with van der Waals surface area (Å²) in [5.41, 5.74) is 1.81. The third kappa shape index (κ3) is 7.81. The number of fused-ring (bicyclic) bond motifs is 1. The van der Waals surface area contributed by atoms with Crippen LogP contribution in [0.4, 0.5) is 17.6 Å². The molecule has 0 amide bonds. The summed E-state index contributed by atoms with van der Waals surface area (Å²) >= 11 is 1.03. The van der Waals surface area contributed by atoms with Gasteiger partial charge in [0.05, 0.1) is 30.7 Å². The van der Waals surface area contributed by atoms with Crippen LogP contribution in [-0.4, -0.2) is 85.3 Å². The predicted molar refractivity (Wildman–Crippen MR) is 160 cm³/mol. The largest absolute Gasteiger partial charge is 0.497 e. The second kappa shape index (κ2) is 14.6. The molecule has 1 N–H and O–H groups in total. The number of likely N-dealkylation sites (tertiary alicyclic amines) is 1. The number of aliphatic hydroxyl groups excluding tert-OH is 1. The lowest BCUT2D eigenvalue weighted by Crippen LogP contribution is -2.43. The van der Waals surface area contributed by atoms with Crippen LogP contribution in [0, 0.1) is 22.9 Å². The number of aliphatic hydroxyl groups is 1. The smallest absolute Gasteiger partial charge is 0.142 e. The number of halogens is 4. The molecule has 0 unspecified atom stereocenters. The van der Waals surface area contributed by atoms with Crippen LogP contribution in [0.3, 0.4) is 0 Å². The van der Waals surface area contributed by atoms with Gasteiger partial charge in [-0.15, -0.1) is 11.8 Å². The zero-order valence-corrected chi connectivity index (χ0v) is 25.3. The zero-order chi connectivity index (χ0) is 30.4. The Balaban J connectivity index is 1.22. The molecule has 3 heterocycles. The van der Waals surface area contributed by atoms with Gasteiger partial charge in [-0.1, -0.05) is 0 Å². The van der Waals surface area contributed by atoms with Crippen molar-refractivity contribution in [1.82, 2.24) is 14.8 Å². The summed E-state index contributed by atoms with van der Waals surface area (Å²) in [6.07, 6.45) is 2.74. The second-order valence-electron chi connectivity index (χ2n) is 11.5. The van der Waals surface area contributed by atoms with Crippen molar-refractivity contribution < 1.29 is 32.1 Å². The number of methoxy groups -OCH3 is 1. The van der Waals surface area contributed by atoms with Gasteiger partial charge >= 0.3 is 0 Å². The Hall–Kier alpha value is -2.44. The van der Waals surface area contributed by atoms with E-state index in [1.165, 1.54) is 0 Å². The number of benzene rings is 2. The first-order valence-corrected chi connectivity index (χ1v) is 15.8. The van der Waals surface area contributed by atoms with E-state index in [0.29, 0.717) is 93.4 Å². The fourth-order valence-corrected chi connectivity index (χ4v) is 7.06. The summed E-state index contributed by atoms with van der Waals surface area (Å²) in [5, 5.41) is 11.2. The molecule has 234 valence electrons. The number of thioether (sulfide) groups is 1. The number of ether oxygens (including phenoxy) is 2. The lowest BCUT2D eigenvalue weighted by molar-refractivity contribution is 0.0311. The SMILES string of the molecule is COc1ccc2ncc(CN3CCOCC3)c([C@H](F)CCC3(CO)CCN(CCSc4c(F)cc(F)cc4F)CC3)c2c1. The molecule has 5 rings (SSSR count). The number of rotatable bonds is 12. The monoisotopic (exact) mass is 621 g/mol. The minimum absolute atomic E-state index is 0.0279. The maximum atomic E-state index is 16.4. The summed E-state index contributed by atoms with van der Waals surface area (Å²) < 4.78 is 68.5. The van der Waals surface area contributed by atoms with E-state index in [-0.39, 0.29) is 17.9 Å². The Bertz CT molecular complexity index is 1360. The van der Waals surface area contributed by atoms with Gasteiger partial charge in [0.1, 0.15) is 29.4 Å². The van der Waals surface area contributed by atoms with E-state index in [9.17, 15) is 18.3 Å². The van der Waals surface area contributed by atoms with Crippen molar-refractivity contribution in [2.75, 3.05) is 65.4 Å². The van der Waals surface area contributed by atoms with Crippen LogP contribution in [0.25, 0.3) is 10.9 Å². The van der Waals surface area contributed by atoms with Gasteiger partial charge in [-0.3, -0.25) is 9.88 Å². The Morgan fingerprint density at radius 3 is 2.44 bits per heavy atom. The Morgan fingerprint density at radius 2 is 1.77 bits per heavy atom. The number of morpholine rings is 1. The molecule has 0 spiro atoms. The quantitative estimate of drug-likeness (QED) is 0.192. The van der Waals surface area contributed by atoms with Crippen molar-refractivity contribution in [3.63, 3.8) is 0 Å². The molecule has 3 aromatic rings. The van der Waals surface area contributed by atoms with Crippen LogP contribution < -0.4 is 4.74 Å². The average molecular weight is 622 g/mol. The molecule has 2 aliphatic heterocycles. The first-order valence-electron chi connectivity index (χ1n) is 14.8. The van der Waals surface area contributed by atoms with E-state index in [0.717, 1.165) is 35.8 Å². The van der Waals surface area contributed by atoms with Crippen LogP contribution in [0.1, 0.15) is 43.0 Å². The number of hydrogen-bond donors (Lipinski definition) is 1. The maximum Gasteiger partial charge on any atom is 0.142 e. The minimum Gasteiger partial charge on any atom is -0.497 e. The Morgan fingerprint density at radius 1 is 1.05 bits per heavy atom. The molecule has 0 aliphatic carbocycles. The van der Waals surface area contributed by atoms with Crippen LogP contribution in [0.2, 0.25) is 0 Å². The van der Waals surface area contributed by atoms with E-state index in [4.69, 9.17) is 9.47 Å². The highest BCUT2D eigenvalue weighted by molar-refractivity contribution is 7.99. The summed E-state index contributed by atoms with van der Waals surface area (Å²) in [7, 11) is 1.59. The minimum atomic E-state index is -1.24. The first kappa shape index (κ1) is 32.0. The van der Waals surface area contributed by atoms with Crippen LogP contribution in [0.15, 0.2) is 41.4 Å². The van der Waals surface area contributed by atoms with Gasteiger partial charge in [-0.05, 0) is 68.0 Å². The number of alkyl halides is 1. The molecule has 1 aromatic heterocycles. The van der Waals surface area contributed by atoms with Crippen molar-refractivity contribution in [3.8, 4) is 5.75 Å². The molecule has 0 radical (unpaired) electrons. The molecule has 43 heavy (non-hydrogen) atoms. The highest BCUT2D eigenvalue weighted by atomic mass is 32.2. The second-order valence-corrected chi connectivity index (χ2v) is 12.6. The van der Waals surface area contributed by atoms with Crippen molar-refractivity contribution in [2.24, 2.45) is 5.41 Å². The van der Waals surface area contributed by atoms with E-state index in [2.05, 4.69) is 14.8 Å². The predicted octanol–water partition coefficient (Wildman–Crippen LogP) is 6.15. The highest BCUT2D eigenvalue weighted by Crippen LogP contribution is 2.41. The van der Waals surface area contributed by atoms with Crippen LogP contribution >= 0.6 is 11.8 Å². The first-order chi connectivity index (χ1) is 20.8. The van der Waals surface area contributed by atoms with Gasteiger partial charge in [-0.2, -0.15) is 0 Å². The number of nitrogens with zero attached hydrogens (tertiary/aromatic N) is 3. The fraction of sp³-hybridized carbons (Fsp3) is 0.531. The number of piperidine rings is 1. The Labute approximate surface area is 254 Å². The fourth-order valence-electron chi connectivity index (χ4n) is 6.12. The van der Waals surface area contributed by atoms with Gasteiger partial charge < -0.3 is 19.5 Å². The maximum absolute atomic E-state index is 16.4. The van der Waals surface area contributed by atoms with Gasteiger partial charge in [-0.25, -0.2) is 17.6 Å².